The van der Waals surface area contributed by atoms with Gasteiger partial charge in [0.15, 0.2) is 0 Å². The molecule has 1 aromatic heterocycles. The molecule has 2 aromatic rings. The smallest absolute Gasteiger partial charge is 0.126 e. The summed E-state index contributed by atoms with van der Waals surface area (Å²) in [6.45, 7) is 1.65. The van der Waals surface area contributed by atoms with Crippen LogP contribution in [0.4, 0.5) is 4.39 Å². The fourth-order valence-corrected chi connectivity index (χ4v) is 1.85. The number of rotatable bonds is 2. The molecule has 1 N–H and O–H groups in total. The van der Waals surface area contributed by atoms with Gasteiger partial charge in [0.25, 0.3) is 0 Å². The van der Waals surface area contributed by atoms with Crippen LogP contribution in [0, 0.1) is 12.7 Å². The summed E-state index contributed by atoms with van der Waals surface area (Å²) >= 11 is 5.94. The van der Waals surface area contributed by atoms with Crippen molar-refractivity contribution in [2.24, 2.45) is 0 Å². The van der Waals surface area contributed by atoms with Crippen LogP contribution in [0.3, 0.4) is 0 Å². The fourth-order valence-electron chi connectivity index (χ4n) is 1.63. The molecular weight excluding hydrogens is 241 g/mol. The van der Waals surface area contributed by atoms with Crippen LogP contribution >= 0.6 is 11.6 Å². The lowest BCUT2D eigenvalue weighted by Crippen LogP contribution is -2.01. The van der Waals surface area contributed by atoms with Gasteiger partial charge in [0.05, 0.1) is 5.02 Å². The van der Waals surface area contributed by atoms with Crippen molar-refractivity contribution in [3.05, 3.63) is 64.2 Å². The van der Waals surface area contributed by atoms with Gasteiger partial charge in [-0.05, 0) is 30.2 Å². The second-order valence-corrected chi connectivity index (χ2v) is 4.22. The molecule has 1 heterocycles. The third-order valence-electron chi connectivity index (χ3n) is 2.60. The highest BCUT2D eigenvalue weighted by Crippen LogP contribution is 2.28. The van der Waals surface area contributed by atoms with E-state index < -0.39 is 6.10 Å². The summed E-state index contributed by atoms with van der Waals surface area (Å²) in [6.07, 6.45) is 2.15. The van der Waals surface area contributed by atoms with Crippen molar-refractivity contribution in [3.63, 3.8) is 0 Å². The van der Waals surface area contributed by atoms with Crippen molar-refractivity contribution >= 4 is 11.6 Å². The topological polar surface area (TPSA) is 33.1 Å². The summed E-state index contributed by atoms with van der Waals surface area (Å²) in [5.74, 6) is -0.290. The minimum Gasteiger partial charge on any atom is -0.384 e. The van der Waals surface area contributed by atoms with Gasteiger partial charge in [-0.2, -0.15) is 0 Å². The second-order valence-electron chi connectivity index (χ2n) is 3.81. The molecule has 0 aliphatic carbocycles. The third-order valence-corrected chi connectivity index (χ3v) is 2.91. The molecule has 1 aromatic carbocycles. The number of aliphatic hydroxyl groups excluding tert-OH is 1. The van der Waals surface area contributed by atoms with Crippen LogP contribution in [0.25, 0.3) is 0 Å². The maximum absolute atomic E-state index is 13.1. The molecule has 2 rings (SSSR count). The monoisotopic (exact) mass is 251 g/mol. The van der Waals surface area contributed by atoms with Gasteiger partial charge in [-0.15, -0.1) is 0 Å². The van der Waals surface area contributed by atoms with Gasteiger partial charge in [0.1, 0.15) is 11.9 Å². The van der Waals surface area contributed by atoms with Crippen molar-refractivity contribution in [1.29, 1.82) is 0 Å². The zero-order valence-electron chi connectivity index (χ0n) is 9.19. The van der Waals surface area contributed by atoms with Gasteiger partial charge in [0, 0.05) is 18.0 Å². The number of hydrogen-bond donors (Lipinski definition) is 1. The average Bonchev–Trinajstić information content (AvgIpc) is 2.32. The fraction of sp³-hybridized carbons (Fsp3) is 0.154. The lowest BCUT2D eigenvalue weighted by atomic mass is 10.0. The van der Waals surface area contributed by atoms with Gasteiger partial charge in [0.2, 0.25) is 0 Å². The molecule has 0 radical (unpaired) electrons. The number of aryl methyl sites for hydroxylation is 1. The van der Waals surface area contributed by atoms with Gasteiger partial charge < -0.3 is 5.11 Å². The van der Waals surface area contributed by atoms with Crippen LogP contribution in [0.15, 0.2) is 36.7 Å². The third kappa shape index (κ3) is 2.46. The number of hydrogen-bond acceptors (Lipinski definition) is 2. The highest BCUT2D eigenvalue weighted by molar-refractivity contribution is 6.31. The summed E-state index contributed by atoms with van der Waals surface area (Å²) < 4.78 is 13.1. The standard InChI is InChI=1S/C13H11ClFNO/c1-8-6-9(2-3-12(8)15)13(17)10-4-5-16-7-11(10)14/h2-7,13,17H,1H3. The molecule has 0 fully saturated rings. The summed E-state index contributed by atoms with van der Waals surface area (Å²) in [4.78, 5) is 3.85. The molecule has 2 nitrogen and oxygen atoms in total. The van der Waals surface area contributed by atoms with E-state index in [1.807, 2.05) is 0 Å². The predicted molar refractivity (Wildman–Crippen MR) is 64.4 cm³/mol. The summed E-state index contributed by atoms with van der Waals surface area (Å²) in [6, 6.07) is 6.13. The van der Waals surface area contributed by atoms with Gasteiger partial charge in [-0.1, -0.05) is 23.7 Å². The van der Waals surface area contributed by atoms with E-state index in [1.54, 1.807) is 31.3 Å². The number of aliphatic hydroxyl groups is 1. The summed E-state index contributed by atoms with van der Waals surface area (Å²) in [5, 5.41) is 10.5. The highest BCUT2D eigenvalue weighted by atomic mass is 35.5. The predicted octanol–water partition coefficient (Wildman–Crippen LogP) is 3.26. The van der Waals surface area contributed by atoms with Crippen LogP contribution in [-0.4, -0.2) is 10.1 Å². The van der Waals surface area contributed by atoms with Gasteiger partial charge in [-0.25, -0.2) is 4.39 Å². The Balaban J connectivity index is 2.40. The van der Waals surface area contributed by atoms with Crippen molar-refractivity contribution in [2.45, 2.75) is 13.0 Å². The number of halogens is 2. The average molecular weight is 252 g/mol. The number of benzene rings is 1. The molecule has 1 unspecified atom stereocenters. The van der Waals surface area contributed by atoms with Gasteiger partial charge >= 0.3 is 0 Å². The SMILES string of the molecule is Cc1cc(C(O)c2ccncc2Cl)ccc1F. The largest absolute Gasteiger partial charge is 0.384 e. The molecule has 0 saturated heterocycles. The molecular formula is C13H11ClFNO. The molecule has 0 aliphatic rings. The first kappa shape index (κ1) is 12.0. The first-order valence-electron chi connectivity index (χ1n) is 5.13. The zero-order valence-corrected chi connectivity index (χ0v) is 9.95. The van der Waals surface area contributed by atoms with Crippen molar-refractivity contribution < 1.29 is 9.50 Å². The minimum absolute atomic E-state index is 0.290. The lowest BCUT2D eigenvalue weighted by molar-refractivity contribution is 0.220. The Labute approximate surface area is 104 Å². The molecule has 0 saturated carbocycles. The zero-order chi connectivity index (χ0) is 12.4. The second kappa shape index (κ2) is 4.82. The summed E-state index contributed by atoms with van der Waals surface area (Å²) in [5.41, 5.74) is 1.66. The van der Waals surface area contributed by atoms with E-state index in [0.29, 0.717) is 21.7 Å². The van der Waals surface area contributed by atoms with Crippen molar-refractivity contribution in [1.82, 2.24) is 4.98 Å². The first-order chi connectivity index (χ1) is 8.09. The molecule has 17 heavy (non-hydrogen) atoms. The van der Waals surface area contributed by atoms with Crippen molar-refractivity contribution in [2.75, 3.05) is 0 Å². The number of aromatic nitrogens is 1. The Hall–Kier alpha value is -1.45. The Morgan fingerprint density at radius 3 is 2.76 bits per heavy atom. The minimum atomic E-state index is -0.871. The Kier molecular flexibility index (Phi) is 3.41. The van der Waals surface area contributed by atoms with Crippen LogP contribution in [0.1, 0.15) is 22.8 Å². The van der Waals surface area contributed by atoms with Crippen LogP contribution < -0.4 is 0 Å². The molecule has 0 amide bonds. The van der Waals surface area contributed by atoms with E-state index >= 15 is 0 Å². The maximum Gasteiger partial charge on any atom is 0.126 e. The van der Waals surface area contributed by atoms with E-state index in [9.17, 15) is 9.50 Å². The van der Waals surface area contributed by atoms with Crippen LogP contribution in [0.2, 0.25) is 5.02 Å². The Bertz CT molecular complexity index is 545. The Morgan fingerprint density at radius 2 is 2.12 bits per heavy atom. The van der Waals surface area contributed by atoms with E-state index in [1.165, 1.54) is 12.3 Å². The highest BCUT2D eigenvalue weighted by Gasteiger charge is 2.14. The Morgan fingerprint density at radius 1 is 1.35 bits per heavy atom. The molecule has 1 atom stereocenters. The normalized spacial score (nSPS) is 12.5. The van der Waals surface area contributed by atoms with Crippen LogP contribution in [0.5, 0.6) is 0 Å². The van der Waals surface area contributed by atoms with E-state index in [2.05, 4.69) is 4.98 Å². The van der Waals surface area contributed by atoms with E-state index in [0.717, 1.165) is 0 Å². The molecule has 88 valence electrons. The lowest BCUT2D eigenvalue weighted by Gasteiger charge is -2.13. The van der Waals surface area contributed by atoms with Gasteiger partial charge in [-0.3, -0.25) is 4.98 Å². The quantitative estimate of drug-likeness (QED) is 0.889. The number of pyridine rings is 1. The first-order valence-corrected chi connectivity index (χ1v) is 5.51. The van der Waals surface area contributed by atoms with E-state index in [4.69, 9.17) is 11.6 Å². The maximum atomic E-state index is 13.1. The van der Waals surface area contributed by atoms with Crippen molar-refractivity contribution in [3.8, 4) is 0 Å². The molecule has 0 spiro atoms. The molecule has 0 aliphatic heterocycles. The summed E-state index contributed by atoms with van der Waals surface area (Å²) in [7, 11) is 0. The number of nitrogens with zero attached hydrogens (tertiary/aromatic N) is 1. The van der Waals surface area contributed by atoms with E-state index in [-0.39, 0.29) is 5.82 Å². The molecule has 4 heteroatoms. The van der Waals surface area contributed by atoms with Crippen LogP contribution in [-0.2, 0) is 0 Å². The molecule has 0 bridgehead atoms.